The Morgan fingerprint density at radius 1 is 1.29 bits per heavy atom. The average molecular weight is 319 g/mol. The predicted octanol–water partition coefficient (Wildman–Crippen LogP) is 4.06. The molecule has 1 aromatic carbocycles. The molecular weight excluding hydrogens is 304 g/mol. The summed E-state index contributed by atoms with van der Waals surface area (Å²) in [4.78, 5) is 6.87. The van der Waals surface area contributed by atoms with Crippen molar-refractivity contribution in [1.29, 1.82) is 0 Å². The number of benzene rings is 1. The van der Waals surface area contributed by atoms with Crippen molar-refractivity contribution in [3.63, 3.8) is 0 Å². The van der Waals surface area contributed by atoms with Gasteiger partial charge in [0.2, 0.25) is 0 Å². The number of nitrogens with zero attached hydrogens (tertiary/aromatic N) is 3. The van der Waals surface area contributed by atoms with E-state index in [-0.39, 0.29) is 0 Å². The van der Waals surface area contributed by atoms with Crippen molar-refractivity contribution >= 4 is 39.5 Å². The van der Waals surface area contributed by atoms with Crippen LogP contribution in [0.1, 0.15) is 23.8 Å². The lowest BCUT2D eigenvalue weighted by Gasteiger charge is -2.33. The number of aromatic nitrogens is 3. The van der Waals surface area contributed by atoms with Gasteiger partial charge in [-0.05, 0) is 25.0 Å². The second-order valence-electron chi connectivity index (χ2n) is 5.39. The van der Waals surface area contributed by atoms with Crippen LogP contribution in [0.5, 0.6) is 0 Å². The molecule has 4 nitrogen and oxygen atoms in total. The molecule has 1 N–H and O–H groups in total. The molecule has 0 saturated carbocycles. The summed E-state index contributed by atoms with van der Waals surface area (Å²) >= 11 is 7.99. The van der Waals surface area contributed by atoms with Crippen LogP contribution in [-0.2, 0) is 0 Å². The molecule has 0 bridgehead atoms. The summed E-state index contributed by atoms with van der Waals surface area (Å²) < 4.78 is 0. The van der Waals surface area contributed by atoms with Gasteiger partial charge in [0.1, 0.15) is 0 Å². The zero-order valence-corrected chi connectivity index (χ0v) is 13.0. The first-order valence-corrected chi connectivity index (χ1v) is 8.34. The van der Waals surface area contributed by atoms with Crippen molar-refractivity contribution in [3.8, 4) is 0 Å². The van der Waals surface area contributed by atoms with Crippen LogP contribution in [-0.4, -0.2) is 28.3 Å². The fourth-order valence-electron chi connectivity index (χ4n) is 3.06. The number of hydrogen-bond donors (Lipinski definition) is 1. The van der Waals surface area contributed by atoms with Gasteiger partial charge in [0.05, 0.1) is 16.7 Å². The minimum absolute atomic E-state index is 0.597. The van der Waals surface area contributed by atoms with Gasteiger partial charge in [-0.2, -0.15) is 5.10 Å². The predicted molar refractivity (Wildman–Crippen MR) is 87.4 cm³/mol. The molecule has 1 fully saturated rings. The zero-order valence-electron chi connectivity index (χ0n) is 11.4. The van der Waals surface area contributed by atoms with Crippen LogP contribution in [0.2, 0.25) is 5.02 Å². The van der Waals surface area contributed by atoms with Crippen molar-refractivity contribution in [2.24, 2.45) is 0 Å². The summed E-state index contributed by atoms with van der Waals surface area (Å²) in [5, 5.41) is 12.4. The molecule has 0 spiro atoms. The molecule has 2 aromatic heterocycles. The summed E-state index contributed by atoms with van der Waals surface area (Å²) in [6.07, 6.45) is 6.06. The Hall–Kier alpha value is -1.59. The van der Waals surface area contributed by atoms with E-state index in [4.69, 9.17) is 11.6 Å². The van der Waals surface area contributed by atoms with Gasteiger partial charge in [-0.1, -0.05) is 11.6 Å². The van der Waals surface area contributed by atoms with Crippen molar-refractivity contribution in [2.75, 3.05) is 18.0 Å². The molecule has 3 heterocycles. The maximum atomic E-state index is 6.23. The van der Waals surface area contributed by atoms with Gasteiger partial charge in [-0.3, -0.25) is 5.10 Å². The third kappa shape index (κ3) is 2.40. The van der Waals surface area contributed by atoms with Crippen LogP contribution in [0.25, 0.3) is 10.9 Å². The van der Waals surface area contributed by atoms with Crippen LogP contribution in [0.4, 0.5) is 5.69 Å². The van der Waals surface area contributed by atoms with Crippen LogP contribution in [0.15, 0.2) is 29.9 Å². The van der Waals surface area contributed by atoms with Gasteiger partial charge in [-0.15, -0.1) is 11.3 Å². The highest BCUT2D eigenvalue weighted by Gasteiger charge is 2.23. The van der Waals surface area contributed by atoms with E-state index in [1.807, 2.05) is 24.5 Å². The van der Waals surface area contributed by atoms with Gasteiger partial charge in [0, 0.05) is 46.7 Å². The second-order valence-corrected chi connectivity index (χ2v) is 6.75. The highest BCUT2D eigenvalue weighted by Crippen LogP contribution is 2.35. The first-order chi connectivity index (χ1) is 10.3. The van der Waals surface area contributed by atoms with E-state index in [1.54, 1.807) is 11.3 Å². The molecule has 1 aliphatic rings. The monoisotopic (exact) mass is 318 g/mol. The van der Waals surface area contributed by atoms with Crippen molar-refractivity contribution in [3.05, 3.63) is 39.9 Å². The quantitative estimate of drug-likeness (QED) is 0.775. The first kappa shape index (κ1) is 13.1. The molecule has 0 amide bonds. The highest BCUT2D eigenvalue weighted by molar-refractivity contribution is 7.09. The maximum Gasteiger partial charge on any atom is 0.0957 e. The average Bonchev–Trinajstić information content (AvgIpc) is 3.17. The van der Waals surface area contributed by atoms with Crippen LogP contribution in [0, 0.1) is 0 Å². The molecule has 0 unspecified atom stereocenters. The lowest BCUT2D eigenvalue weighted by Crippen LogP contribution is -2.32. The van der Waals surface area contributed by atoms with E-state index in [0.29, 0.717) is 5.92 Å². The fraction of sp³-hybridized carbons (Fsp3) is 0.333. The number of H-pyrrole nitrogens is 1. The normalized spacial score (nSPS) is 16.7. The largest absolute Gasteiger partial charge is 0.371 e. The standard InChI is InChI=1S/C15H15ClN4S/c16-11-7-13-12(9-18-19-13)14(8-11)20-4-1-10(2-5-20)15-17-3-6-21-15/h3,6-10H,1-2,4-5H2,(H,18,19). The summed E-state index contributed by atoms with van der Waals surface area (Å²) in [5.41, 5.74) is 2.18. The number of fused-ring (bicyclic) bond motifs is 1. The summed E-state index contributed by atoms with van der Waals surface area (Å²) in [6.45, 7) is 2.07. The molecule has 4 rings (SSSR count). The highest BCUT2D eigenvalue weighted by atomic mass is 35.5. The Morgan fingerprint density at radius 3 is 2.90 bits per heavy atom. The van der Waals surface area contributed by atoms with Crippen LogP contribution < -0.4 is 4.90 Å². The van der Waals surface area contributed by atoms with E-state index in [1.165, 1.54) is 10.7 Å². The van der Waals surface area contributed by atoms with Gasteiger partial charge in [0.15, 0.2) is 0 Å². The number of thiazole rings is 1. The van der Waals surface area contributed by atoms with Crippen molar-refractivity contribution in [2.45, 2.75) is 18.8 Å². The fourth-order valence-corrected chi connectivity index (χ4v) is 4.09. The van der Waals surface area contributed by atoms with E-state index in [2.05, 4.69) is 25.5 Å². The number of halogens is 1. The molecule has 1 aliphatic heterocycles. The number of nitrogens with one attached hydrogen (secondary N) is 1. The molecule has 6 heteroatoms. The van der Waals surface area contributed by atoms with Gasteiger partial charge in [-0.25, -0.2) is 4.98 Å². The van der Waals surface area contributed by atoms with Crippen molar-refractivity contribution in [1.82, 2.24) is 15.2 Å². The minimum Gasteiger partial charge on any atom is -0.371 e. The van der Waals surface area contributed by atoms with Crippen LogP contribution >= 0.6 is 22.9 Å². The number of hydrogen-bond acceptors (Lipinski definition) is 4. The number of piperidine rings is 1. The van der Waals surface area contributed by atoms with E-state index >= 15 is 0 Å². The number of rotatable bonds is 2. The maximum absolute atomic E-state index is 6.23. The number of anilines is 1. The Morgan fingerprint density at radius 2 is 2.14 bits per heavy atom. The molecule has 0 radical (unpaired) electrons. The molecule has 1 saturated heterocycles. The second kappa shape index (κ2) is 5.31. The third-order valence-corrected chi connectivity index (χ3v) is 5.29. The molecule has 0 aliphatic carbocycles. The smallest absolute Gasteiger partial charge is 0.0957 e. The summed E-state index contributed by atoms with van der Waals surface area (Å²) in [6, 6.07) is 3.97. The lowest BCUT2D eigenvalue weighted by atomic mass is 9.97. The Bertz CT molecular complexity index is 744. The lowest BCUT2D eigenvalue weighted by molar-refractivity contribution is 0.504. The Kier molecular flexibility index (Phi) is 3.31. The topological polar surface area (TPSA) is 44.8 Å². The van der Waals surface area contributed by atoms with Gasteiger partial charge in [0.25, 0.3) is 0 Å². The SMILES string of the molecule is Clc1cc(N2CCC(c3nccs3)CC2)c2cn[nH]c2c1. The van der Waals surface area contributed by atoms with Gasteiger partial charge >= 0.3 is 0 Å². The molecule has 3 aromatic rings. The number of aromatic amines is 1. The van der Waals surface area contributed by atoms with E-state index < -0.39 is 0 Å². The van der Waals surface area contributed by atoms with E-state index in [9.17, 15) is 0 Å². The van der Waals surface area contributed by atoms with E-state index in [0.717, 1.165) is 41.9 Å². The molecule has 21 heavy (non-hydrogen) atoms. The Labute approximate surface area is 131 Å². The van der Waals surface area contributed by atoms with Gasteiger partial charge < -0.3 is 4.90 Å². The van der Waals surface area contributed by atoms with Crippen molar-refractivity contribution < 1.29 is 0 Å². The third-order valence-electron chi connectivity index (χ3n) is 4.14. The molecule has 0 atom stereocenters. The van der Waals surface area contributed by atoms with Crippen LogP contribution in [0.3, 0.4) is 0 Å². The molecule has 108 valence electrons. The minimum atomic E-state index is 0.597. The summed E-state index contributed by atoms with van der Waals surface area (Å²) in [5.74, 6) is 0.597. The molecular formula is C15H15ClN4S. The zero-order chi connectivity index (χ0) is 14.2. The first-order valence-electron chi connectivity index (χ1n) is 7.08. The summed E-state index contributed by atoms with van der Waals surface area (Å²) in [7, 11) is 0. The Balaban J connectivity index is 1.59.